The molecule has 0 spiro atoms. The highest BCUT2D eigenvalue weighted by molar-refractivity contribution is 8.76. The summed E-state index contributed by atoms with van der Waals surface area (Å²) in [7, 11) is 2.52. The summed E-state index contributed by atoms with van der Waals surface area (Å²) in [5, 5.41) is 1.81. The van der Waals surface area contributed by atoms with E-state index in [0.29, 0.717) is 19.8 Å². The van der Waals surface area contributed by atoms with Crippen LogP contribution in [0.1, 0.15) is 0 Å². The Morgan fingerprint density at radius 2 is 1.00 bits per heavy atom. The highest BCUT2D eigenvalue weighted by Crippen LogP contribution is 2.53. The largest absolute Gasteiger partial charge is 0.0827 e. The van der Waals surface area contributed by atoms with Gasteiger partial charge >= 0.3 is 0 Å². The Bertz CT molecular complexity index is 718. The average Bonchev–Trinajstić information content (AvgIpc) is 2.50. The molecule has 0 unspecified atom stereocenters. The molecule has 0 radical (unpaired) electrons. The third-order valence-electron chi connectivity index (χ3n) is 2.38. The molecule has 0 nitrogen and oxygen atoms in total. The molecular formula is C12H2Cl8S2. The monoisotopic (exact) mass is 490 g/mol. The van der Waals surface area contributed by atoms with Gasteiger partial charge in [-0.15, -0.1) is 0 Å². The van der Waals surface area contributed by atoms with Crippen molar-refractivity contribution in [2.75, 3.05) is 0 Å². The van der Waals surface area contributed by atoms with Crippen molar-refractivity contribution in [3.63, 3.8) is 0 Å². The van der Waals surface area contributed by atoms with E-state index in [0.717, 1.165) is 0 Å². The lowest BCUT2D eigenvalue weighted by Crippen LogP contribution is -1.83. The van der Waals surface area contributed by atoms with E-state index in [1.54, 1.807) is 12.1 Å². The number of benzene rings is 2. The molecule has 22 heavy (non-hydrogen) atoms. The first-order valence-electron chi connectivity index (χ1n) is 5.25. The number of hydrogen-bond acceptors (Lipinski definition) is 2. The van der Waals surface area contributed by atoms with Gasteiger partial charge in [0.05, 0.1) is 45.1 Å². The normalized spacial score (nSPS) is 11.1. The molecule has 10 heteroatoms. The van der Waals surface area contributed by atoms with Crippen LogP contribution in [-0.2, 0) is 0 Å². The summed E-state index contributed by atoms with van der Waals surface area (Å²) in [6.45, 7) is 0. The first kappa shape index (κ1) is 19.8. The number of halogens is 8. The van der Waals surface area contributed by atoms with Gasteiger partial charge in [0.1, 0.15) is 0 Å². The minimum atomic E-state index is 0.111. The predicted octanol–water partition coefficient (Wildman–Crippen LogP) is 9.71. The third kappa shape index (κ3) is 3.99. The lowest BCUT2D eigenvalue weighted by atomic mass is 10.3. The van der Waals surface area contributed by atoms with Crippen molar-refractivity contribution in [2.45, 2.75) is 9.79 Å². The number of rotatable bonds is 3. The Kier molecular flexibility index (Phi) is 7.40. The molecule has 0 N–H and O–H groups in total. The van der Waals surface area contributed by atoms with Gasteiger partial charge < -0.3 is 0 Å². The maximum atomic E-state index is 6.16. The van der Waals surface area contributed by atoms with Gasteiger partial charge in [0.25, 0.3) is 0 Å². The van der Waals surface area contributed by atoms with Crippen LogP contribution in [0.4, 0.5) is 0 Å². The molecule has 2 aromatic carbocycles. The highest BCUT2D eigenvalue weighted by atomic mass is 35.5. The fourth-order valence-corrected chi connectivity index (χ4v) is 6.18. The van der Waals surface area contributed by atoms with Gasteiger partial charge in [-0.1, -0.05) is 104 Å². The van der Waals surface area contributed by atoms with Gasteiger partial charge in [0, 0.05) is 4.90 Å². The molecule has 2 rings (SSSR count). The van der Waals surface area contributed by atoms with E-state index >= 15 is 0 Å². The number of hydrogen-bond donors (Lipinski definition) is 0. The summed E-state index contributed by atoms with van der Waals surface area (Å²) in [4.78, 5) is 1.17. The van der Waals surface area contributed by atoms with Crippen LogP contribution >= 0.6 is 114 Å². The lowest BCUT2D eigenvalue weighted by Gasteiger charge is -2.12. The van der Waals surface area contributed by atoms with Crippen LogP contribution in [0.2, 0.25) is 40.2 Å². The maximum absolute atomic E-state index is 6.16. The molecule has 0 heterocycles. The van der Waals surface area contributed by atoms with E-state index in [-0.39, 0.29) is 30.1 Å². The second kappa shape index (κ2) is 8.23. The van der Waals surface area contributed by atoms with E-state index in [4.69, 9.17) is 92.8 Å². The van der Waals surface area contributed by atoms with Crippen LogP contribution < -0.4 is 0 Å². The summed E-state index contributed by atoms with van der Waals surface area (Å²) in [5.41, 5.74) is 0. The molecule has 2 aromatic rings. The van der Waals surface area contributed by atoms with E-state index in [1.807, 2.05) is 0 Å². The minimum absolute atomic E-state index is 0.111. The quantitative estimate of drug-likeness (QED) is 0.237. The molecule has 0 saturated heterocycles. The zero-order valence-electron chi connectivity index (χ0n) is 9.99. The SMILES string of the molecule is Clc1ccc(SSc2c(Cl)c(Cl)c(Cl)c(Cl)c2Cl)c(Cl)c1Cl. The topological polar surface area (TPSA) is 0 Å². The zero-order valence-corrected chi connectivity index (χ0v) is 17.7. The fraction of sp³-hybridized carbons (Fsp3) is 0. The van der Waals surface area contributed by atoms with Gasteiger partial charge in [-0.05, 0) is 22.9 Å². The van der Waals surface area contributed by atoms with Crippen molar-refractivity contribution in [2.24, 2.45) is 0 Å². The molecule has 0 aliphatic heterocycles. The van der Waals surface area contributed by atoms with E-state index in [2.05, 4.69) is 0 Å². The Hall–Kier alpha value is 1.46. The minimum Gasteiger partial charge on any atom is -0.0827 e. The molecule has 0 aliphatic rings. The van der Waals surface area contributed by atoms with Gasteiger partial charge in [0.2, 0.25) is 0 Å². The molecular weight excluding hydrogens is 492 g/mol. The van der Waals surface area contributed by atoms with Crippen molar-refractivity contribution in [3.05, 3.63) is 52.3 Å². The first-order valence-corrected chi connectivity index (χ1v) is 10.4. The lowest BCUT2D eigenvalue weighted by molar-refractivity contribution is 1.46. The first-order chi connectivity index (χ1) is 10.3. The molecule has 0 atom stereocenters. The Labute approximate surface area is 175 Å². The molecule has 0 bridgehead atoms. The molecule has 0 aromatic heterocycles. The van der Waals surface area contributed by atoms with Gasteiger partial charge in [0.15, 0.2) is 0 Å². The van der Waals surface area contributed by atoms with Crippen molar-refractivity contribution in [1.82, 2.24) is 0 Å². The van der Waals surface area contributed by atoms with Crippen LogP contribution in [-0.4, -0.2) is 0 Å². The summed E-state index contributed by atoms with van der Waals surface area (Å²) in [6, 6.07) is 3.37. The van der Waals surface area contributed by atoms with Crippen molar-refractivity contribution < 1.29 is 0 Å². The molecule has 0 fully saturated rings. The van der Waals surface area contributed by atoms with Gasteiger partial charge in [-0.25, -0.2) is 0 Å². The molecule has 118 valence electrons. The summed E-state index contributed by atoms with van der Waals surface area (Å²) < 4.78 is 0. The van der Waals surface area contributed by atoms with Crippen LogP contribution in [0.15, 0.2) is 21.9 Å². The summed E-state index contributed by atoms with van der Waals surface area (Å²) in [5.74, 6) is 0. The second-order valence-corrected chi connectivity index (χ2v) is 8.97. The Balaban J connectivity index is 2.36. The van der Waals surface area contributed by atoms with E-state index in [1.165, 1.54) is 21.6 Å². The highest BCUT2D eigenvalue weighted by Gasteiger charge is 2.20. The smallest absolute Gasteiger partial charge is 0.0809 e. The van der Waals surface area contributed by atoms with Crippen molar-refractivity contribution in [1.29, 1.82) is 0 Å². The maximum Gasteiger partial charge on any atom is 0.0809 e. The third-order valence-corrected chi connectivity index (χ3v) is 8.76. The van der Waals surface area contributed by atoms with Crippen molar-refractivity contribution in [3.8, 4) is 0 Å². The molecule has 0 saturated carbocycles. The van der Waals surface area contributed by atoms with E-state index in [9.17, 15) is 0 Å². The zero-order chi connectivity index (χ0) is 16.6. The summed E-state index contributed by atoms with van der Waals surface area (Å²) >= 11 is 48.3. The van der Waals surface area contributed by atoms with Crippen molar-refractivity contribution >= 4 is 114 Å². The van der Waals surface area contributed by atoms with Gasteiger partial charge in [-0.3, -0.25) is 0 Å². The Morgan fingerprint density at radius 3 is 1.55 bits per heavy atom. The Morgan fingerprint density at radius 1 is 0.500 bits per heavy atom. The van der Waals surface area contributed by atoms with Gasteiger partial charge in [-0.2, -0.15) is 0 Å². The standard InChI is InChI=1S/C12H2Cl8S2/c13-3-1-2-4(6(15)5(3)14)21-22-12-10(19)8(17)7(16)9(18)11(12)20/h1-2H. The van der Waals surface area contributed by atoms with Crippen LogP contribution in [0.5, 0.6) is 0 Å². The van der Waals surface area contributed by atoms with Crippen LogP contribution in [0.3, 0.4) is 0 Å². The van der Waals surface area contributed by atoms with Crippen LogP contribution in [0.25, 0.3) is 0 Å². The second-order valence-electron chi connectivity index (χ2n) is 3.74. The fourth-order valence-electron chi connectivity index (χ4n) is 1.32. The van der Waals surface area contributed by atoms with E-state index < -0.39 is 0 Å². The van der Waals surface area contributed by atoms with Crippen LogP contribution in [0, 0.1) is 0 Å². The molecule has 0 aliphatic carbocycles. The summed E-state index contributed by atoms with van der Waals surface area (Å²) in [6.07, 6.45) is 0. The predicted molar refractivity (Wildman–Crippen MR) is 105 cm³/mol. The average molecular weight is 494 g/mol. The molecule has 0 amide bonds.